The van der Waals surface area contributed by atoms with Crippen molar-refractivity contribution in [3.63, 3.8) is 0 Å². The molecule has 3 heterocycles. The SMILES string of the molecule is CCc1cc(C(=O)N2CC3CNCC3C2CC)n(C)n1. The maximum absolute atomic E-state index is 12.8. The zero-order valence-corrected chi connectivity index (χ0v) is 12.6. The Bertz CT molecular complexity index is 510. The van der Waals surface area contributed by atoms with Crippen LogP contribution in [0.25, 0.3) is 0 Å². The van der Waals surface area contributed by atoms with Crippen LogP contribution in [0.2, 0.25) is 0 Å². The first-order valence-corrected chi connectivity index (χ1v) is 7.70. The Labute approximate surface area is 120 Å². The average molecular weight is 276 g/mol. The molecule has 1 aromatic rings. The van der Waals surface area contributed by atoms with E-state index in [2.05, 4.69) is 29.2 Å². The maximum atomic E-state index is 12.8. The van der Waals surface area contributed by atoms with Crippen LogP contribution in [0, 0.1) is 11.8 Å². The van der Waals surface area contributed by atoms with Crippen molar-refractivity contribution in [3.05, 3.63) is 17.5 Å². The second-order valence-electron chi connectivity index (χ2n) is 6.01. The molecule has 0 spiro atoms. The first-order chi connectivity index (χ1) is 9.65. The number of nitrogens with zero attached hydrogens (tertiary/aromatic N) is 3. The normalized spacial score (nSPS) is 28.9. The molecule has 2 saturated heterocycles. The summed E-state index contributed by atoms with van der Waals surface area (Å²) in [6.45, 7) is 7.25. The van der Waals surface area contributed by atoms with Gasteiger partial charge in [0.15, 0.2) is 0 Å². The van der Waals surface area contributed by atoms with E-state index in [0.29, 0.717) is 17.9 Å². The number of amides is 1. The number of carbonyl (C=O) groups is 1. The van der Waals surface area contributed by atoms with Crippen LogP contribution in [0.3, 0.4) is 0 Å². The lowest BCUT2D eigenvalue weighted by Crippen LogP contribution is -2.40. The van der Waals surface area contributed by atoms with Gasteiger partial charge in [-0.05, 0) is 30.7 Å². The first-order valence-electron chi connectivity index (χ1n) is 7.70. The summed E-state index contributed by atoms with van der Waals surface area (Å²) in [6.07, 6.45) is 1.90. The molecule has 3 atom stereocenters. The number of rotatable bonds is 3. The molecule has 0 bridgehead atoms. The Hall–Kier alpha value is -1.36. The fraction of sp³-hybridized carbons (Fsp3) is 0.733. The highest BCUT2D eigenvalue weighted by molar-refractivity contribution is 5.93. The number of aryl methyl sites for hydroxylation is 2. The molecule has 0 radical (unpaired) electrons. The Balaban J connectivity index is 1.84. The largest absolute Gasteiger partial charge is 0.334 e. The smallest absolute Gasteiger partial charge is 0.272 e. The molecular weight excluding hydrogens is 252 g/mol. The van der Waals surface area contributed by atoms with Crippen LogP contribution < -0.4 is 5.32 Å². The van der Waals surface area contributed by atoms with Crippen LogP contribution in [0.5, 0.6) is 0 Å². The molecule has 0 saturated carbocycles. The number of hydrogen-bond acceptors (Lipinski definition) is 3. The summed E-state index contributed by atoms with van der Waals surface area (Å²) in [4.78, 5) is 14.9. The monoisotopic (exact) mass is 276 g/mol. The van der Waals surface area contributed by atoms with Crippen molar-refractivity contribution >= 4 is 5.91 Å². The fourth-order valence-electron chi connectivity index (χ4n) is 3.83. The average Bonchev–Trinajstić information content (AvgIpc) is 3.10. The van der Waals surface area contributed by atoms with Crippen molar-refractivity contribution in [1.29, 1.82) is 0 Å². The lowest BCUT2D eigenvalue weighted by molar-refractivity contribution is 0.0700. The number of likely N-dealkylation sites (tertiary alicyclic amines) is 1. The molecule has 3 rings (SSSR count). The minimum absolute atomic E-state index is 0.154. The van der Waals surface area contributed by atoms with Gasteiger partial charge in [0, 0.05) is 32.7 Å². The number of carbonyl (C=O) groups excluding carboxylic acids is 1. The van der Waals surface area contributed by atoms with Gasteiger partial charge in [-0.2, -0.15) is 5.10 Å². The highest BCUT2D eigenvalue weighted by Gasteiger charge is 2.45. The minimum Gasteiger partial charge on any atom is -0.334 e. The van der Waals surface area contributed by atoms with Crippen LogP contribution in [-0.4, -0.2) is 46.3 Å². The first kappa shape index (κ1) is 13.6. The lowest BCUT2D eigenvalue weighted by Gasteiger charge is -2.26. The van der Waals surface area contributed by atoms with Crippen molar-refractivity contribution in [2.75, 3.05) is 19.6 Å². The van der Waals surface area contributed by atoms with E-state index >= 15 is 0 Å². The molecule has 0 aliphatic carbocycles. The molecule has 2 aliphatic heterocycles. The molecule has 1 N–H and O–H groups in total. The molecule has 1 amide bonds. The third-order valence-corrected chi connectivity index (χ3v) is 4.91. The van der Waals surface area contributed by atoms with Crippen molar-refractivity contribution in [1.82, 2.24) is 20.0 Å². The number of aromatic nitrogens is 2. The summed E-state index contributed by atoms with van der Waals surface area (Å²) in [6, 6.07) is 2.32. The molecule has 2 fully saturated rings. The van der Waals surface area contributed by atoms with Crippen molar-refractivity contribution in [2.45, 2.75) is 32.7 Å². The van der Waals surface area contributed by atoms with Gasteiger partial charge in [-0.15, -0.1) is 0 Å². The van der Waals surface area contributed by atoms with Gasteiger partial charge < -0.3 is 10.2 Å². The van der Waals surface area contributed by atoms with Crippen LogP contribution >= 0.6 is 0 Å². The topological polar surface area (TPSA) is 50.2 Å². The van der Waals surface area contributed by atoms with E-state index in [1.807, 2.05) is 13.1 Å². The zero-order chi connectivity index (χ0) is 14.3. The second kappa shape index (κ2) is 5.20. The summed E-state index contributed by atoms with van der Waals surface area (Å²) in [5.41, 5.74) is 1.72. The van der Waals surface area contributed by atoms with Gasteiger partial charge in [0.2, 0.25) is 0 Å². The zero-order valence-electron chi connectivity index (χ0n) is 12.6. The maximum Gasteiger partial charge on any atom is 0.272 e. The van der Waals surface area contributed by atoms with E-state index in [-0.39, 0.29) is 5.91 Å². The molecule has 0 aromatic carbocycles. The summed E-state index contributed by atoms with van der Waals surface area (Å²) >= 11 is 0. The third kappa shape index (κ3) is 2.04. The highest BCUT2D eigenvalue weighted by Crippen LogP contribution is 2.35. The molecule has 2 aliphatic rings. The lowest BCUT2D eigenvalue weighted by atomic mass is 9.93. The highest BCUT2D eigenvalue weighted by atomic mass is 16.2. The van der Waals surface area contributed by atoms with Gasteiger partial charge in [-0.3, -0.25) is 9.48 Å². The Morgan fingerprint density at radius 1 is 1.45 bits per heavy atom. The van der Waals surface area contributed by atoms with E-state index in [9.17, 15) is 4.79 Å². The van der Waals surface area contributed by atoms with Gasteiger partial charge in [0.25, 0.3) is 5.91 Å². The van der Waals surface area contributed by atoms with Gasteiger partial charge in [-0.1, -0.05) is 13.8 Å². The Kier molecular flexibility index (Phi) is 3.54. The molecule has 5 heteroatoms. The number of nitrogens with one attached hydrogen (secondary N) is 1. The van der Waals surface area contributed by atoms with Crippen molar-refractivity contribution in [2.24, 2.45) is 18.9 Å². The molecule has 3 unspecified atom stereocenters. The van der Waals surface area contributed by atoms with E-state index < -0.39 is 0 Å². The standard InChI is InChI=1S/C15H24N4O/c1-4-11-6-14(18(3)17-11)15(20)19-9-10-7-16-8-12(10)13(19)5-2/h6,10,12-13,16H,4-5,7-9H2,1-3H3. The summed E-state index contributed by atoms with van der Waals surface area (Å²) in [7, 11) is 1.87. The molecule has 110 valence electrons. The Morgan fingerprint density at radius 2 is 2.25 bits per heavy atom. The molecule has 20 heavy (non-hydrogen) atoms. The predicted octanol–water partition coefficient (Wildman–Crippen LogP) is 1.05. The minimum atomic E-state index is 0.154. The van der Waals surface area contributed by atoms with Crippen LogP contribution in [0.15, 0.2) is 6.07 Å². The summed E-state index contributed by atoms with van der Waals surface area (Å²) < 4.78 is 1.74. The fourth-order valence-corrected chi connectivity index (χ4v) is 3.83. The van der Waals surface area contributed by atoms with Gasteiger partial charge in [0.05, 0.1) is 5.69 Å². The second-order valence-corrected chi connectivity index (χ2v) is 6.01. The van der Waals surface area contributed by atoms with Crippen molar-refractivity contribution < 1.29 is 4.79 Å². The quantitative estimate of drug-likeness (QED) is 0.898. The number of hydrogen-bond donors (Lipinski definition) is 1. The van der Waals surface area contributed by atoms with Gasteiger partial charge in [0.1, 0.15) is 5.69 Å². The van der Waals surface area contributed by atoms with Gasteiger partial charge in [-0.25, -0.2) is 0 Å². The summed E-state index contributed by atoms with van der Waals surface area (Å²) in [5.74, 6) is 1.41. The predicted molar refractivity (Wildman–Crippen MR) is 77.6 cm³/mol. The van der Waals surface area contributed by atoms with E-state index in [1.165, 1.54) is 0 Å². The summed E-state index contributed by atoms with van der Waals surface area (Å²) in [5, 5.41) is 7.86. The molecule has 1 aromatic heterocycles. The number of fused-ring (bicyclic) bond motifs is 1. The van der Waals surface area contributed by atoms with E-state index in [4.69, 9.17) is 0 Å². The third-order valence-electron chi connectivity index (χ3n) is 4.91. The van der Waals surface area contributed by atoms with Crippen LogP contribution in [0.4, 0.5) is 0 Å². The van der Waals surface area contributed by atoms with Crippen LogP contribution in [0.1, 0.15) is 36.5 Å². The van der Waals surface area contributed by atoms with E-state index in [0.717, 1.165) is 43.9 Å². The van der Waals surface area contributed by atoms with E-state index in [1.54, 1.807) is 4.68 Å². The van der Waals surface area contributed by atoms with Gasteiger partial charge >= 0.3 is 0 Å². The van der Waals surface area contributed by atoms with Crippen LogP contribution in [-0.2, 0) is 13.5 Å². The molecule has 5 nitrogen and oxygen atoms in total. The Morgan fingerprint density at radius 3 is 2.90 bits per heavy atom. The molecular formula is C15H24N4O. The van der Waals surface area contributed by atoms with Crippen molar-refractivity contribution in [3.8, 4) is 0 Å².